The number of anilines is 1. The Bertz CT molecular complexity index is 544. The fourth-order valence-corrected chi connectivity index (χ4v) is 1.70. The highest BCUT2D eigenvalue weighted by Gasteiger charge is 2.07. The van der Waals surface area contributed by atoms with E-state index in [4.69, 9.17) is 0 Å². The van der Waals surface area contributed by atoms with Gasteiger partial charge in [0.25, 0.3) is 0 Å². The van der Waals surface area contributed by atoms with Gasteiger partial charge in [0.2, 0.25) is 5.91 Å². The van der Waals surface area contributed by atoms with Crippen LogP contribution in [0.1, 0.15) is 6.42 Å². The van der Waals surface area contributed by atoms with E-state index in [1.807, 2.05) is 0 Å². The predicted octanol–water partition coefficient (Wildman–Crippen LogP) is 2.21. The van der Waals surface area contributed by atoms with Crippen LogP contribution in [0, 0.1) is 5.82 Å². The van der Waals surface area contributed by atoms with Gasteiger partial charge in [0, 0.05) is 17.1 Å². The summed E-state index contributed by atoms with van der Waals surface area (Å²) < 4.78 is 15.6. The van der Waals surface area contributed by atoms with Gasteiger partial charge in [-0.3, -0.25) is 9.48 Å². The van der Waals surface area contributed by atoms with Gasteiger partial charge in [-0.2, -0.15) is 0 Å². The van der Waals surface area contributed by atoms with Crippen molar-refractivity contribution in [2.24, 2.45) is 0 Å². The van der Waals surface area contributed by atoms with Crippen LogP contribution in [0.4, 0.5) is 10.1 Å². The Labute approximate surface area is 111 Å². The van der Waals surface area contributed by atoms with Crippen molar-refractivity contribution in [1.29, 1.82) is 0 Å². The second kappa shape index (κ2) is 5.72. The molecule has 0 atom stereocenters. The Kier molecular flexibility index (Phi) is 4.03. The molecule has 1 heterocycles. The fourth-order valence-electron chi connectivity index (χ4n) is 1.37. The van der Waals surface area contributed by atoms with E-state index in [0.29, 0.717) is 11.0 Å². The highest BCUT2D eigenvalue weighted by atomic mass is 79.9. The van der Waals surface area contributed by atoms with Crippen molar-refractivity contribution in [3.63, 3.8) is 0 Å². The van der Waals surface area contributed by atoms with E-state index in [1.165, 1.54) is 23.0 Å². The molecule has 7 heteroatoms. The summed E-state index contributed by atoms with van der Waals surface area (Å²) in [5.41, 5.74) is 0.168. The molecule has 0 aliphatic carbocycles. The summed E-state index contributed by atoms with van der Waals surface area (Å²) in [5, 5.41) is 9.86. The van der Waals surface area contributed by atoms with E-state index in [1.54, 1.807) is 12.3 Å². The lowest BCUT2D eigenvalue weighted by molar-refractivity contribution is -0.116. The van der Waals surface area contributed by atoms with Crippen molar-refractivity contribution in [3.05, 3.63) is 40.9 Å². The summed E-state index contributed by atoms with van der Waals surface area (Å²) in [6, 6.07) is 4.47. The molecular weight excluding hydrogens is 303 g/mol. The Morgan fingerprint density at radius 2 is 2.33 bits per heavy atom. The number of aryl methyl sites for hydroxylation is 1. The summed E-state index contributed by atoms with van der Waals surface area (Å²) in [4.78, 5) is 11.6. The summed E-state index contributed by atoms with van der Waals surface area (Å²) in [6.07, 6.45) is 3.40. The number of benzene rings is 1. The Hall–Kier alpha value is -1.76. The Morgan fingerprint density at radius 1 is 1.50 bits per heavy atom. The molecule has 5 nitrogen and oxygen atoms in total. The number of amides is 1. The average Bonchev–Trinajstić information content (AvgIpc) is 2.83. The smallest absolute Gasteiger partial charge is 0.226 e. The number of rotatable bonds is 4. The van der Waals surface area contributed by atoms with Crippen LogP contribution in [0.25, 0.3) is 0 Å². The lowest BCUT2D eigenvalue weighted by Crippen LogP contribution is -2.15. The lowest BCUT2D eigenvalue weighted by atomic mass is 10.3. The minimum atomic E-state index is -0.474. The molecule has 1 aromatic heterocycles. The van der Waals surface area contributed by atoms with Gasteiger partial charge in [-0.05, 0) is 18.2 Å². The van der Waals surface area contributed by atoms with E-state index in [0.717, 1.165) is 0 Å². The molecule has 0 unspecified atom stereocenters. The molecule has 0 aliphatic rings. The van der Waals surface area contributed by atoms with Crippen LogP contribution in [0.15, 0.2) is 35.1 Å². The van der Waals surface area contributed by atoms with Crippen molar-refractivity contribution < 1.29 is 9.18 Å². The van der Waals surface area contributed by atoms with E-state index in [9.17, 15) is 9.18 Å². The summed E-state index contributed by atoms with van der Waals surface area (Å²) >= 11 is 3.15. The molecule has 1 N–H and O–H groups in total. The van der Waals surface area contributed by atoms with Gasteiger partial charge in [-0.15, -0.1) is 5.10 Å². The normalized spacial score (nSPS) is 10.3. The molecule has 0 fully saturated rings. The molecule has 1 amide bonds. The van der Waals surface area contributed by atoms with Gasteiger partial charge in [0.05, 0.1) is 18.4 Å². The highest BCUT2D eigenvalue weighted by molar-refractivity contribution is 9.10. The molecule has 94 valence electrons. The number of hydrogen-bond donors (Lipinski definition) is 1. The number of nitrogens with one attached hydrogen (secondary N) is 1. The fraction of sp³-hybridized carbons (Fsp3) is 0.182. The van der Waals surface area contributed by atoms with Gasteiger partial charge in [0.15, 0.2) is 0 Å². The zero-order valence-electron chi connectivity index (χ0n) is 9.31. The largest absolute Gasteiger partial charge is 0.324 e. The van der Waals surface area contributed by atoms with Crippen LogP contribution >= 0.6 is 15.9 Å². The highest BCUT2D eigenvalue weighted by Crippen LogP contribution is 2.19. The standard InChI is InChI=1S/C11H10BrFN4O/c12-8-1-2-10(9(13)7-8)15-11(18)3-5-17-6-4-14-16-17/h1-2,4,6-7H,3,5H2,(H,15,18). The number of hydrogen-bond acceptors (Lipinski definition) is 3. The Morgan fingerprint density at radius 3 is 3.00 bits per heavy atom. The first kappa shape index (κ1) is 12.7. The van der Waals surface area contributed by atoms with Crippen molar-refractivity contribution in [2.75, 3.05) is 5.32 Å². The number of halogens is 2. The molecule has 0 bridgehead atoms. The van der Waals surface area contributed by atoms with Gasteiger partial charge >= 0.3 is 0 Å². The summed E-state index contributed by atoms with van der Waals surface area (Å²) in [5.74, 6) is -0.745. The third kappa shape index (κ3) is 3.36. The van der Waals surface area contributed by atoms with Crippen LogP contribution < -0.4 is 5.32 Å². The molecule has 0 saturated heterocycles. The second-order valence-corrected chi connectivity index (χ2v) is 4.50. The first-order valence-electron chi connectivity index (χ1n) is 5.24. The van der Waals surface area contributed by atoms with Gasteiger partial charge in [0.1, 0.15) is 5.82 Å². The van der Waals surface area contributed by atoms with Gasteiger partial charge in [-0.1, -0.05) is 21.1 Å². The minimum absolute atomic E-state index is 0.168. The quantitative estimate of drug-likeness (QED) is 0.941. The molecule has 0 saturated carbocycles. The molecule has 0 aliphatic heterocycles. The molecule has 18 heavy (non-hydrogen) atoms. The van der Waals surface area contributed by atoms with Crippen molar-refractivity contribution >= 4 is 27.5 Å². The first-order chi connectivity index (χ1) is 8.65. The Balaban J connectivity index is 1.91. The predicted molar refractivity (Wildman–Crippen MR) is 67.4 cm³/mol. The first-order valence-corrected chi connectivity index (χ1v) is 6.03. The average molecular weight is 313 g/mol. The number of carbonyl (C=O) groups is 1. The maximum atomic E-state index is 13.5. The monoisotopic (exact) mass is 312 g/mol. The molecular formula is C11H10BrFN4O. The van der Waals surface area contributed by atoms with Crippen molar-refractivity contribution in [2.45, 2.75) is 13.0 Å². The van der Waals surface area contributed by atoms with Crippen LogP contribution in [0.2, 0.25) is 0 Å². The van der Waals surface area contributed by atoms with Crippen LogP contribution in [0.3, 0.4) is 0 Å². The molecule has 2 aromatic rings. The van der Waals surface area contributed by atoms with Crippen LogP contribution in [0.5, 0.6) is 0 Å². The van der Waals surface area contributed by atoms with Crippen molar-refractivity contribution in [1.82, 2.24) is 15.0 Å². The van der Waals surface area contributed by atoms with E-state index in [-0.39, 0.29) is 18.0 Å². The van der Waals surface area contributed by atoms with Gasteiger partial charge < -0.3 is 5.32 Å². The van der Waals surface area contributed by atoms with Crippen molar-refractivity contribution in [3.8, 4) is 0 Å². The summed E-state index contributed by atoms with van der Waals surface area (Å²) in [7, 11) is 0. The molecule has 1 aromatic carbocycles. The van der Waals surface area contributed by atoms with E-state index >= 15 is 0 Å². The number of aromatic nitrogens is 3. The van der Waals surface area contributed by atoms with Gasteiger partial charge in [-0.25, -0.2) is 4.39 Å². The maximum absolute atomic E-state index is 13.5. The number of nitrogens with zero attached hydrogens (tertiary/aromatic N) is 3. The molecule has 0 radical (unpaired) electrons. The SMILES string of the molecule is O=C(CCn1ccnn1)Nc1ccc(Br)cc1F. The molecule has 2 rings (SSSR count). The van der Waals surface area contributed by atoms with E-state index < -0.39 is 5.82 Å². The van der Waals surface area contributed by atoms with E-state index in [2.05, 4.69) is 31.6 Å². The topological polar surface area (TPSA) is 59.8 Å². The number of carbonyl (C=O) groups excluding carboxylic acids is 1. The van der Waals surface area contributed by atoms with Crippen LogP contribution in [-0.4, -0.2) is 20.9 Å². The summed E-state index contributed by atoms with van der Waals surface area (Å²) in [6.45, 7) is 0.407. The minimum Gasteiger partial charge on any atom is -0.324 e. The molecule has 0 spiro atoms. The second-order valence-electron chi connectivity index (χ2n) is 3.59. The third-order valence-electron chi connectivity index (χ3n) is 2.25. The lowest BCUT2D eigenvalue weighted by Gasteiger charge is -2.06. The zero-order valence-corrected chi connectivity index (χ0v) is 10.9. The third-order valence-corrected chi connectivity index (χ3v) is 2.74. The zero-order chi connectivity index (χ0) is 13.0. The maximum Gasteiger partial charge on any atom is 0.226 e. The van der Waals surface area contributed by atoms with Crippen LogP contribution in [-0.2, 0) is 11.3 Å².